The zero-order valence-corrected chi connectivity index (χ0v) is 8.68. The van der Waals surface area contributed by atoms with Crippen LogP contribution in [-0.4, -0.2) is 35.0 Å². The second-order valence-electron chi connectivity index (χ2n) is 2.79. The van der Waals surface area contributed by atoms with E-state index in [1.54, 1.807) is 0 Å². The fourth-order valence-electron chi connectivity index (χ4n) is 1.17. The highest BCUT2D eigenvalue weighted by Gasteiger charge is 2.28. The van der Waals surface area contributed by atoms with Crippen LogP contribution >= 0.6 is 27.3 Å². The summed E-state index contributed by atoms with van der Waals surface area (Å²) >= 11 is 4.78. The quantitative estimate of drug-likeness (QED) is 0.840. The predicted octanol–water partition coefficient (Wildman–Crippen LogP) is 0.729. The van der Waals surface area contributed by atoms with Crippen LogP contribution in [0.3, 0.4) is 0 Å². The highest BCUT2D eigenvalue weighted by molar-refractivity contribution is 9.11. The van der Waals surface area contributed by atoms with Crippen LogP contribution in [0.1, 0.15) is 0 Å². The van der Waals surface area contributed by atoms with E-state index in [2.05, 4.69) is 31.0 Å². The van der Waals surface area contributed by atoms with Gasteiger partial charge in [0.25, 0.3) is 0 Å². The van der Waals surface area contributed by atoms with Gasteiger partial charge in [-0.25, -0.2) is 0 Å². The molecule has 1 aliphatic heterocycles. The fraction of sp³-hybridized carbons (Fsp3) is 0.667. The molecule has 6 heteroatoms. The Hall–Kier alpha value is -0.200. The number of rotatable bonds is 2. The third kappa shape index (κ3) is 1.46. The molecule has 1 aromatic heterocycles. The molecule has 0 atom stereocenters. The largest absolute Gasteiger partial charge is 0.396 e. The molecular formula is C6H8BrN3OS. The van der Waals surface area contributed by atoms with E-state index >= 15 is 0 Å². The Labute approximate surface area is 82.4 Å². The summed E-state index contributed by atoms with van der Waals surface area (Å²) in [5.74, 6) is 0.424. The van der Waals surface area contributed by atoms with Crippen molar-refractivity contribution in [2.75, 3.05) is 24.6 Å². The summed E-state index contributed by atoms with van der Waals surface area (Å²) < 4.78 is 0.810. The number of aromatic nitrogens is 2. The van der Waals surface area contributed by atoms with E-state index in [9.17, 15) is 0 Å². The monoisotopic (exact) mass is 249 g/mol. The lowest BCUT2D eigenvalue weighted by Gasteiger charge is -2.37. The first kappa shape index (κ1) is 8.40. The lowest BCUT2D eigenvalue weighted by Crippen LogP contribution is -2.48. The van der Waals surface area contributed by atoms with Gasteiger partial charge in [0.05, 0.1) is 0 Å². The predicted molar refractivity (Wildman–Crippen MR) is 50.4 cm³/mol. The smallest absolute Gasteiger partial charge is 0.209 e. The molecule has 1 aromatic rings. The molecule has 0 aromatic carbocycles. The van der Waals surface area contributed by atoms with Crippen LogP contribution < -0.4 is 4.90 Å². The molecule has 0 bridgehead atoms. The van der Waals surface area contributed by atoms with Gasteiger partial charge in [0.15, 0.2) is 3.92 Å². The molecule has 2 heterocycles. The van der Waals surface area contributed by atoms with Crippen LogP contribution in [0.25, 0.3) is 0 Å². The summed E-state index contributed by atoms with van der Waals surface area (Å²) in [6.45, 7) is 2.08. The van der Waals surface area contributed by atoms with Crippen molar-refractivity contribution in [2.24, 2.45) is 5.92 Å². The Kier molecular flexibility index (Phi) is 2.29. The summed E-state index contributed by atoms with van der Waals surface area (Å²) in [4.78, 5) is 2.11. The second kappa shape index (κ2) is 3.27. The molecule has 1 saturated heterocycles. The molecular weight excluding hydrogens is 242 g/mol. The molecule has 1 N–H and O–H groups in total. The Morgan fingerprint density at radius 3 is 2.83 bits per heavy atom. The molecule has 1 fully saturated rings. The van der Waals surface area contributed by atoms with E-state index < -0.39 is 0 Å². The fourth-order valence-corrected chi connectivity index (χ4v) is 2.27. The first-order valence-electron chi connectivity index (χ1n) is 3.64. The van der Waals surface area contributed by atoms with Crippen molar-refractivity contribution in [3.63, 3.8) is 0 Å². The standard InChI is InChI=1S/C6H8BrN3OS/c7-5-8-9-6(12-5)10-1-4(2-10)3-11/h4,11H,1-3H2. The van der Waals surface area contributed by atoms with Crippen molar-refractivity contribution in [3.8, 4) is 0 Å². The zero-order chi connectivity index (χ0) is 8.55. The molecule has 66 valence electrons. The maximum Gasteiger partial charge on any atom is 0.209 e. The van der Waals surface area contributed by atoms with Gasteiger partial charge in [-0.3, -0.25) is 0 Å². The molecule has 0 radical (unpaired) electrons. The van der Waals surface area contributed by atoms with Gasteiger partial charge in [-0.05, 0) is 15.9 Å². The molecule has 0 unspecified atom stereocenters. The zero-order valence-electron chi connectivity index (χ0n) is 6.27. The highest BCUT2D eigenvalue weighted by Crippen LogP contribution is 2.29. The lowest BCUT2D eigenvalue weighted by atomic mass is 10.0. The maximum absolute atomic E-state index is 8.79. The Balaban J connectivity index is 1.96. The average Bonchev–Trinajstić information content (AvgIpc) is 2.34. The summed E-state index contributed by atoms with van der Waals surface area (Å²) in [5.41, 5.74) is 0. The van der Waals surface area contributed by atoms with E-state index in [0.29, 0.717) is 5.92 Å². The molecule has 2 rings (SSSR count). The van der Waals surface area contributed by atoms with E-state index in [4.69, 9.17) is 5.11 Å². The van der Waals surface area contributed by atoms with Crippen LogP contribution in [0.5, 0.6) is 0 Å². The first-order chi connectivity index (χ1) is 5.79. The molecule has 4 nitrogen and oxygen atoms in total. The van der Waals surface area contributed by atoms with Crippen molar-refractivity contribution >= 4 is 32.4 Å². The topological polar surface area (TPSA) is 49.2 Å². The van der Waals surface area contributed by atoms with Crippen LogP contribution in [0.15, 0.2) is 3.92 Å². The summed E-state index contributed by atoms with van der Waals surface area (Å²) in [5, 5.41) is 17.5. The first-order valence-corrected chi connectivity index (χ1v) is 5.25. The number of nitrogens with zero attached hydrogens (tertiary/aromatic N) is 3. The van der Waals surface area contributed by atoms with Crippen molar-refractivity contribution in [2.45, 2.75) is 0 Å². The van der Waals surface area contributed by atoms with Crippen LogP contribution in [0.2, 0.25) is 0 Å². The summed E-state index contributed by atoms with van der Waals surface area (Å²) in [6.07, 6.45) is 0. The summed E-state index contributed by atoms with van der Waals surface area (Å²) in [7, 11) is 0. The van der Waals surface area contributed by atoms with Gasteiger partial charge < -0.3 is 10.0 Å². The minimum atomic E-state index is 0.274. The van der Waals surface area contributed by atoms with E-state index in [-0.39, 0.29) is 6.61 Å². The van der Waals surface area contributed by atoms with Crippen molar-refractivity contribution in [1.82, 2.24) is 10.2 Å². The van der Waals surface area contributed by atoms with E-state index in [1.165, 1.54) is 11.3 Å². The van der Waals surface area contributed by atoms with E-state index in [0.717, 1.165) is 22.1 Å². The normalized spacial score (nSPS) is 18.0. The lowest BCUT2D eigenvalue weighted by molar-refractivity contribution is 0.200. The molecule has 0 saturated carbocycles. The third-order valence-corrected chi connectivity index (χ3v) is 3.29. The van der Waals surface area contributed by atoms with Crippen molar-refractivity contribution < 1.29 is 5.11 Å². The maximum atomic E-state index is 8.79. The van der Waals surface area contributed by atoms with Crippen molar-refractivity contribution in [1.29, 1.82) is 0 Å². The van der Waals surface area contributed by atoms with Gasteiger partial charge in [0.2, 0.25) is 5.13 Å². The molecule has 12 heavy (non-hydrogen) atoms. The molecule has 1 aliphatic rings. The van der Waals surface area contributed by atoms with Crippen molar-refractivity contribution in [3.05, 3.63) is 3.92 Å². The van der Waals surface area contributed by atoms with Gasteiger partial charge in [-0.2, -0.15) is 0 Å². The number of anilines is 1. The minimum absolute atomic E-state index is 0.274. The van der Waals surface area contributed by atoms with Crippen LogP contribution in [0, 0.1) is 5.92 Å². The molecule has 0 amide bonds. The Morgan fingerprint density at radius 2 is 2.33 bits per heavy atom. The van der Waals surface area contributed by atoms with E-state index in [1.807, 2.05) is 0 Å². The third-order valence-electron chi connectivity index (χ3n) is 1.88. The van der Waals surface area contributed by atoms with Crippen LogP contribution in [-0.2, 0) is 0 Å². The van der Waals surface area contributed by atoms with Gasteiger partial charge in [0, 0.05) is 25.6 Å². The van der Waals surface area contributed by atoms with Gasteiger partial charge in [-0.1, -0.05) is 11.3 Å². The van der Waals surface area contributed by atoms with Crippen LogP contribution in [0.4, 0.5) is 5.13 Å². The van der Waals surface area contributed by atoms with Gasteiger partial charge in [0.1, 0.15) is 0 Å². The highest BCUT2D eigenvalue weighted by atomic mass is 79.9. The molecule has 0 aliphatic carbocycles. The number of halogens is 1. The summed E-state index contributed by atoms with van der Waals surface area (Å²) in [6, 6.07) is 0. The number of hydrogen-bond donors (Lipinski definition) is 1. The Bertz CT molecular complexity index is 274. The SMILES string of the molecule is OCC1CN(c2nnc(Br)s2)C1. The van der Waals surface area contributed by atoms with Gasteiger partial charge >= 0.3 is 0 Å². The molecule has 0 spiro atoms. The Morgan fingerprint density at radius 1 is 1.58 bits per heavy atom. The average molecular weight is 250 g/mol. The minimum Gasteiger partial charge on any atom is -0.396 e. The van der Waals surface area contributed by atoms with Gasteiger partial charge in [-0.15, -0.1) is 10.2 Å². The number of hydrogen-bond acceptors (Lipinski definition) is 5. The second-order valence-corrected chi connectivity index (χ2v) is 5.02. The number of aliphatic hydroxyl groups is 1. The number of aliphatic hydroxyl groups excluding tert-OH is 1.